The highest BCUT2D eigenvalue weighted by Crippen LogP contribution is 2.17. The van der Waals surface area contributed by atoms with Gasteiger partial charge in [-0.05, 0) is 25.0 Å². The van der Waals surface area contributed by atoms with E-state index < -0.39 is 0 Å². The van der Waals surface area contributed by atoms with Gasteiger partial charge < -0.3 is 10.6 Å². The first-order chi connectivity index (χ1) is 8.84. The number of aromatic nitrogens is 2. The summed E-state index contributed by atoms with van der Waals surface area (Å²) in [6.45, 7) is 1.48. The topological polar surface area (TPSA) is 58.4 Å². The highest BCUT2D eigenvalue weighted by Gasteiger charge is 2.19. The highest BCUT2D eigenvalue weighted by atomic mass is 16.1. The Balaban J connectivity index is 1.60. The van der Waals surface area contributed by atoms with Crippen LogP contribution in [0, 0.1) is 0 Å². The van der Waals surface area contributed by atoms with Gasteiger partial charge >= 0.3 is 0 Å². The van der Waals surface area contributed by atoms with Crippen LogP contribution in [-0.2, 0) is 0 Å². The molecule has 0 aromatic carbocycles. The zero-order valence-electron chi connectivity index (χ0n) is 10.1. The van der Waals surface area contributed by atoms with Gasteiger partial charge in [-0.1, -0.05) is 6.07 Å². The number of amides is 1. The maximum absolute atomic E-state index is 12.0. The summed E-state index contributed by atoms with van der Waals surface area (Å²) < 4.78 is 1.71. The van der Waals surface area contributed by atoms with Crippen LogP contribution < -0.4 is 10.6 Å². The summed E-state index contributed by atoms with van der Waals surface area (Å²) in [6, 6.07) is 6.37. The third-order valence-electron chi connectivity index (χ3n) is 3.09. The van der Waals surface area contributed by atoms with Crippen LogP contribution in [0.2, 0.25) is 0 Å². The second-order valence-electron chi connectivity index (χ2n) is 4.57. The van der Waals surface area contributed by atoms with Crippen LogP contribution in [0.15, 0.2) is 30.6 Å². The fourth-order valence-corrected chi connectivity index (χ4v) is 1.94. The summed E-state index contributed by atoms with van der Waals surface area (Å²) in [5, 5.41) is 10.4. The summed E-state index contributed by atoms with van der Waals surface area (Å²) in [7, 11) is 0. The van der Waals surface area contributed by atoms with Crippen molar-refractivity contribution in [3.05, 3.63) is 36.2 Å². The van der Waals surface area contributed by atoms with Crippen LogP contribution in [-0.4, -0.2) is 34.7 Å². The lowest BCUT2D eigenvalue weighted by Gasteiger charge is -2.04. The summed E-state index contributed by atoms with van der Waals surface area (Å²) in [5.41, 5.74) is 1.46. The third-order valence-corrected chi connectivity index (χ3v) is 3.09. The maximum atomic E-state index is 12.0. The lowest BCUT2D eigenvalue weighted by Crippen LogP contribution is -2.32. The van der Waals surface area contributed by atoms with E-state index in [1.54, 1.807) is 10.7 Å². The van der Waals surface area contributed by atoms with Crippen molar-refractivity contribution in [3.8, 4) is 0 Å². The van der Waals surface area contributed by atoms with E-state index in [4.69, 9.17) is 0 Å². The molecule has 0 saturated heterocycles. The zero-order valence-corrected chi connectivity index (χ0v) is 10.1. The first-order valence-electron chi connectivity index (χ1n) is 6.28. The predicted molar refractivity (Wildman–Crippen MR) is 68.5 cm³/mol. The van der Waals surface area contributed by atoms with Crippen LogP contribution in [0.1, 0.15) is 23.2 Å². The molecule has 2 aromatic rings. The van der Waals surface area contributed by atoms with Gasteiger partial charge in [0, 0.05) is 25.3 Å². The normalized spacial score (nSPS) is 14.9. The first kappa shape index (κ1) is 11.2. The Morgan fingerprint density at radius 1 is 1.39 bits per heavy atom. The van der Waals surface area contributed by atoms with Gasteiger partial charge in [-0.3, -0.25) is 4.79 Å². The molecule has 0 bridgehead atoms. The van der Waals surface area contributed by atoms with E-state index in [0.717, 1.165) is 12.1 Å². The Hall–Kier alpha value is -1.88. The smallest absolute Gasteiger partial charge is 0.255 e. The van der Waals surface area contributed by atoms with Crippen LogP contribution in [0.3, 0.4) is 0 Å². The van der Waals surface area contributed by atoms with E-state index in [0.29, 0.717) is 18.2 Å². The molecule has 1 saturated carbocycles. The van der Waals surface area contributed by atoms with Crippen LogP contribution in [0.25, 0.3) is 5.52 Å². The minimum absolute atomic E-state index is 0.0613. The molecule has 0 aliphatic heterocycles. The molecular weight excluding hydrogens is 228 g/mol. The lowest BCUT2D eigenvalue weighted by atomic mass is 10.2. The molecule has 0 spiro atoms. The molecule has 5 heteroatoms. The molecule has 3 rings (SSSR count). The van der Waals surface area contributed by atoms with Gasteiger partial charge in [0.05, 0.1) is 17.3 Å². The third kappa shape index (κ3) is 2.36. The van der Waals surface area contributed by atoms with Crippen LogP contribution in [0.5, 0.6) is 0 Å². The van der Waals surface area contributed by atoms with Crippen molar-refractivity contribution in [2.24, 2.45) is 0 Å². The van der Waals surface area contributed by atoms with Crippen molar-refractivity contribution in [1.82, 2.24) is 20.2 Å². The summed E-state index contributed by atoms with van der Waals surface area (Å²) in [6.07, 6.45) is 5.98. The first-order valence-corrected chi connectivity index (χ1v) is 6.28. The molecule has 1 fully saturated rings. The number of rotatable bonds is 5. The van der Waals surface area contributed by atoms with E-state index >= 15 is 0 Å². The summed E-state index contributed by atoms with van der Waals surface area (Å²) in [4.78, 5) is 12.0. The van der Waals surface area contributed by atoms with E-state index in [9.17, 15) is 4.79 Å². The number of hydrogen-bond acceptors (Lipinski definition) is 3. The summed E-state index contributed by atoms with van der Waals surface area (Å²) in [5.74, 6) is -0.0613. The van der Waals surface area contributed by atoms with Gasteiger partial charge in [-0.2, -0.15) is 5.10 Å². The number of carbonyl (C=O) groups is 1. The molecule has 94 valence electrons. The fourth-order valence-electron chi connectivity index (χ4n) is 1.94. The molecule has 2 heterocycles. The number of hydrogen-bond donors (Lipinski definition) is 2. The number of nitrogens with one attached hydrogen (secondary N) is 2. The highest BCUT2D eigenvalue weighted by molar-refractivity contribution is 6.00. The molecule has 2 N–H and O–H groups in total. The monoisotopic (exact) mass is 244 g/mol. The molecule has 0 radical (unpaired) electrons. The number of carbonyl (C=O) groups excluding carboxylic acids is 1. The average Bonchev–Trinajstić information content (AvgIpc) is 3.11. The maximum Gasteiger partial charge on any atom is 0.255 e. The van der Waals surface area contributed by atoms with Gasteiger partial charge in [-0.15, -0.1) is 0 Å². The molecule has 1 aliphatic rings. The number of pyridine rings is 1. The van der Waals surface area contributed by atoms with E-state index in [1.165, 1.54) is 12.8 Å². The minimum atomic E-state index is -0.0613. The van der Waals surface area contributed by atoms with E-state index in [1.807, 2.05) is 24.4 Å². The van der Waals surface area contributed by atoms with Crippen molar-refractivity contribution < 1.29 is 4.79 Å². The number of nitrogens with zero attached hydrogens (tertiary/aromatic N) is 2. The molecule has 5 nitrogen and oxygen atoms in total. The van der Waals surface area contributed by atoms with Crippen molar-refractivity contribution >= 4 is 11.4 Å². The van der Waals surface area contributed by atoms with E-state index in [-0.39, 0.29) is 5.91 Å². The van der Waals surface area contributed by atoms with Crippen molar-refractivity contribution in [1.29, 1.82) is 0 Å². The van der Waals surface area contributed by atoms with Gasteiger partial charge in [0.2, 0.25) is 0 Å². The molecule has 18 heavy (non-hydrogen) atoms. The number of fused-ring (bicyclic) bond motifs is 1. The van der Waals surface area contributed by atoms with Gasteiger partial charge in [0.1, 0.15) is 0 Å². The molecule has 0 atom stereocenters. The molecule has 1 aliphatic carbocycles. The van der Waals surface area contributed by atoms with Gasteiger partial charge in [0.25, 0.3) is 5.91 Å². The summed E-state index contributed by atoms with van der Waals surface area (Å²) >= 11 is 0. The minimum Gasteiger partial charge on any atom is -0.351 e. The average molecular weight is 244 g/mol. The lowest BCUT2D eigenvalue weighted by molar-refractivity contribution is 0.0955. The Morgan fingerprint density at radius 3 is 3.11 bits per heavy atom. The Labute approximate surface area is 105 Å². The molecule has 2 aromatic heterocycles. The molecule has 1 amide bonds. The van der Waals surface area contributed by atoms with Crippen LogP contribution >= 0.6 is 0 Å². The Morgan fingerprint density at radius 2 is 2.28 bits per heavy atom. The van der Waals surface area contributed by atoms with Crippen molar-refractivity contribution in [2.75, 3.05) is 13.1 Å². The van der Waals surface area contributed by atoms with Gasteiger partial charge in [-0.25, -0.2) is 4.52 Å². The van der Waals surface area contributed by atoms with Crippen molar-refractivity contribution in [2.45, 2.75) is 18.9 Å². The quantitative estimate of drug-likeness (QED) is 0.765. The zero-order chi connectivity index (χ0) is 12.4. The van der Waals surface area contributed by atoms with Crippen LogP contribution in [0.4, 0.5) is 0 Å². The fraction of sp³-hybridized carbons (Fsp3) is 0.385. The molecule has 0 unspecified atom stereocenters. The predicted octanol–water partition coefficient (Wildman–Crippen LogP) is 0.816. The standard InChI is InChI=1S/C13H16N4O/c18-13(15-7-6-14-10-4-5-10)11-9-16-17-8-2-1-3-12(11)17/h1-3,8-10,14H,4-7H2,(H,15,18). The van der Waals surface area contributed by atoms with Gasteiger partial charge in [0.15, 0.2) is 0 Å². The Kier molecular flexibility index (Phi) is 2.98. The van der Waals surface area contributed by atoms with E-state index in [2.05, 4.69) is 15.7 Å². The molecular formula is C13H16N4O. The second kappa shape index (κ2) is 4.78. The Bertz CT molecular complexity index is 559. The second-order valence-corrected chi connectivity index (χ2v) is 4.57. The van der Waals surface area contributed by atoms with Crippen molar-refractivity contribution in [3.63, 3.8) is 0 Å². The largest absolute Gasteiger partial charge is 0.351 e. The SMILES string of the molecule is O=C(NCCNC1CC1)c1cnn2ccccc12.